The monoisotopic (exact) mass is 375 g/mol. The Morgan fingerprint density at radius 1 is 1.33 bits per heavy atom. The summed E-state index contributed by atoms with van der Waals surface area (Å²) < 4.78 is 29.6. The number of carbonyl (C=O) groups is 1. The van der Waals surface area contributed by atoms with Gasteiger partial charge in [0.2, 0.25) is 17.1 Å². The zero-order valence-electron chi connectivity index (χ0n) is 14.7. The van der Waals surface area contributed by atoms with E-state index in [9.17, 15) is 19.1 Å². The fraction of sp³-hybridized carbons (Fsp3) is 0.263. The minimum absolute atomic E-state index is 0.00786. The maximum Gasteiger partial charge on any atom is 0.340 e. The zero-order valence-corrected chi connectivity index (χ0v) is 14.7. The summed E-state index contributed by atoms with van der Waals surface area (Å²) in [6, 6.07) is 6.37. The largest absolute Gasteiger partial charge is 0.459 e. The standard InChI is InChI=1S/C19H18FNO6/c1-9(2)25-19(24)15-14(10-3-5-11(20)6-4-10)17-16(27-18(15)21)13(23)7-12(8-22)26-17/h3-7,9,14,22H,8,21H2,1-2H3/t14-/m0/s1. The lowest BCUT2D eigenvalue weighted by Gasteiger charge is -2.27. The minimum Gasteiger partial charge on any atom is -0.459 e. The number of rotatable bonds is 4. The maximum absolute atomic E-state index is 13.4. The first-order valence-electron chi connectivity index (χ1n) is 8.23. The molecule has 2 aromatic rings. The lowest BCUT2D eigenvalue weighted by atomic mass is 9.86. The molecule has 1 aliphatic rings. The van der Waals surface area contributed by atoms with Gasteiger partial charge in [0.1, 0.15) is 23.8 Å². The average molecular weight is 375 g/mol. The van der Waals surface area contributed by atoms with E-state index in [2.05, 4.69) is 0 Å². The van der Waals surface area contributed by atoms with E-state index in [1.807, 2.05) is 0 Å². The van der Waals surface area contributed by atoms with Crippen LogP contribution in [0.4, 0.5) is 4.39 Å². The van der Waals surface area contributed by atoms with E-state index < -0.39 is 35.8 Å². The summed E-state index contributed by atoms with van der Waals surface area (Å²) in [4.78, 5) is 25.0. The number of benzene rings is 1. The lowest BCUT2D eigenvalue weighted by Crippen LogP contribution is -2.31. The van der Waals surface area contributed by atoms with Crippen LogP contribution < -0.4 is 15.9 Å². The summed E-state index contributed by atoms with van der Waals surface area (Å²) >= 11 is 0. The summed E-state index contributed by atoms with van der Waals surface area (Å²) in [7, 11) is 0. The van der Waals surface area contributed by atoms with Crippen LogP contribution in [0.1, 0.15) is 36.8 Å². The highest BCUT2D eigenvalue weighted by Crippen LogP contribution is 2.41. The van der Waals surface area contributed by atoms with Gasteiger partial charge in [-0.05, 0) is 31.5 Å². The Morgan fingerprint density at radius 2 is 2.00 bits per heavy atom. The molecule has 0 radical (unpaired) electrons. The van der Waals surface area contributed by atoms with Gasteiger partial charge < -0.3 is 24.7 Å². The van der Waals surface area contributed by atoms with Crippen molar-refractivity contribution in [3.05, 3.63) is 74.9 Å². The molecule has 0 spiro atoms. The van der Waals surface area contributed by atoms with Gasteiger partial charge in [-0.15, -0.1) is 0 Å². The number of esters is 1. The Kier molecular flexibility index (Phi) is 5.00. The fourth-order valence-electron chi connectivity index (χ4n) is 2.83. The van der Waals surface area contributed by atoms with Gasteiger partial charge in [0, 0.05) is 6.07 Å². The number of aliphatic hydroxyl groups excluding tert-OH is 1. The second kappa shape index (κ2) is 7.24. The van der Waals surface area contributed by atoms with Crippen LogP contribution in [0.25, 0.3) is 0 Å². The molecule has 3 rings (SSSR count). The van der Waals surface area contributed by atoms with Crippen molar-refractivity contribution in [2.45, 2.75) is 32.5 Å². The van der Waals surface area contributed by atoms with Gasteiger partial charge >= 0.3 is 5.97 Å². The van der Waals surface area contributed by atoms with Gasteiger partial charge in [-0.25, -0.2) is 9.18 Å². The number of nitrogens with two attached hydrogens (primary N) is 1. The van der Waals surface area contributed by atoms with Gasteiger partial charge in [-0.3, -0.25) is 4.79 Å². The molecular weight excluding hydrogens is 357 g/mol. The van der Waals surface area contributed by atoms with Crippen molar-refractivity contribution in [1.82, 2.24) is 0 Å². The Bertz CT molecular complexity index is 961. The van der Waals surface area contributed by atoms with Gasteiger partial charge in [-0.2, -0.15) is 0 Å². The molecule has 0 saturated carbocycles. The van der Waals surface area contributed by atoms with Crippen molar-refractivity contribution in [2.75, 3.05) is 0 Å². The van der Waals surface area contributed by atoms with Crippen LogP contribution in [0.15, 0.2) is 51.0 Å². The van der Waals surface area contributed by atoms with Crippen molar-refractivity contribution < 1.29 is 28.2 Å². The molecule has 0 saturated heterocycles. The summed E-state index contributed by atoms with van der Waals surface area (Å²) in [5.41, 5.74) is 5.73. The quantitative estimate of drug-likeness (QED) is 0.785. The van der Waals surface area contributed by atoms with Gasteiger partial charge in [0.25, 0.3) is 0 Å². The molecule has 1 atom stereocenters. The van der Waals surface area contributed by atoms with E-state index in [4.69, 9.17) is 19.6 Å². The Labute approximate surface area is 153 Å². The first-order valence-corrected chi connectivity index (χ1v) is 8.23. The first kappa shape index (κ1) is 18.7. The summed E-state index contributed by atoms with van der Waals surface area (Å²) in [6.45, 7) is 2.82. The van der Waals surface area contributed by atoms with Crippen molar-refractivity contribution in [2.24, 2.45) is 5.73 Å². The molecule has 0 amide bonds. The number of hydrogen-bond donors (Lipinski definition) is 2. The molecule has 7 nitrogen and oxygen atoms in total. The SMILES string of the molecule is CC(C)OC(=O)C1=C(N)Oc2c(oc(CO)cc2=O)[C@H]1c1ccc(F)cc1. The van der Waals surface area contributed by atoms with Crippen LogP contribution in [0.3, 0.4) is 0 Å². The molecule has 1 aliphatic heterocycles. The molecule has 27 heavy (non-hydrogen) atoms. The molecule has 0 fully saturated rings. The van der Waals surface area contributed by atoms with Crippen LogP contribution in [-0.2, 0) is 16.1 Å². The minimum atomic E-state index is -0.959. The normalized spacial score (nSPS) is 16.1. The molecular formula is C19H18FNO6. The number of hydrogen-bond acceptors (Lipinski definition) is 7. The summed E-state index contributed by atoms with van der Waals surface area (Å²) in [5.74, 6) is -2.69. The zero-order chi connectivity index (χ0) is 19.7. The number of carbonyl (C=O) groups excluding carboxylic acids is 1. The number of ether oxygens (including phenoxy) is 2. The molecule has 2 heterocycles. The van der Waals surface area contributed by atoms with Crippen molar-refractivity contribution in [3.63, 3.8) is 0 Å². The van der Waals surface area contributed by atoms with Gasteiger partial charge in [-0.1, -0.05) is 12.1 Å². The third kappa shape index (κ3) is 3.56. The average Bonchev–Trinajstić information content (AvgIpc) is 2.61. The van der Waals surface area contributed by atoms with Crippen LogP contribution in [0.2, 0.25) is 0 Å². The molecule has 0 bridgehead atoms. The highest BCUT2D eigenvalue weighted by atomic mass is 19.1. The number of halogens is 1. The van der Waals surface area contributed by atoms with E-state index in [0.717, 1.165) is 6.07 Å². The second-order valence-corrected chi connectivity index (χ2v) is 6.25. The van der Waals surface area contributed by atoms with Crippen LogP contribution in [-0.4, -0.2) is 17.2 Å². The number of aliphatic hydroxyl groups is 1. The highest BCUT2D eigenvalue weighted by molar-refractivity contribution is 5.92. The molecule has 0 aliphatic carbocycles. The predicted molar refractivity (Wildman–Crippen MR) is 92.2 cm³/mol. The van der Waals surface area contributed by atoms with E-state index >= 15 is 0 Å². The molecule has 3 N–H and O–H groups in total. The van der Waals surface area contributed by atoms with Crippen molar-refractivity contribution in [1.29, 1.82) is 0 Å². The van der Waals surface area contributed by atoms with Crippen LogP contribution in [0.5, 0.6) is 5.75 Å². The lowest BCUT2D eigenvalue weighted by molar-refractivity contribution is -0.143. The van der Waals surface area contributed by atoms with Gasteiger partial charge in [0.05, 0.1) is 12.0 Å². The van der Waals surface area contributed by atoms with E-state index in [1.54, 1.807) is 13.8 Å². The Balaban J connectivity index is 2.24. The smallest absolute Gasteiger partial charge is 0.340 e. The van der Waals surface area contributed by atoms with Crippen molar-refractivity contribution in [3.8, 4) is 5.75 Å². The van der Waals surface area contributed by atoms with E-state index in [-0.39, 0.29) is 28.7 Å². The Hall–Kier alpha value is -3.13. The summed E-state index contributed by atoms with van der Waals surface area (Å²) in [6.07, 6.45) is -0.427. The predicted octanol–water partition coefficient (Wildman–Crippen LogP) is 1.92. The second-order valence-electron chi connectivity index (χ2n) is 6.25. The Morgan fingerprint density at radius 3 is 2.59 bits per heavy atom. The molecule has 142 valence electrons. The first-order chi connectivity index (χ1) is 12.8. The molecule has 1 aromatic carbocycles. The third-order valence-corrected chi connectivity index (χ3v) is 3.93. The van der Waals surface area contributed by atoms with Crippen molar-refractivity contribution >= 4 is 5.97 Å². The summed E-state index contributed by atoms with van der Waals surface area (Å²) in [5, 5.41) is 9.35. The maximum atomic E-state index is 13.4. The van der Waals surface area contributed by atoms with Crippen LogP contribution >= 0.6 is 0 Å². The number of fused-ring (bicyclic) bond motifs is 1. The molecule has 1 aromatic heterocycles. The molecule has 8 heteroatoms. The van der Waals surface area contributed by atoms with Gasteiger partial charge in [0.15, 0.2) is 5.76 Å². The van der Waals surface area contributed by atoms with E-state index in [1.165, 1.54) is 24.3 Å². The third-order valence-electron chi connectivity index (χ3n) is 3.93. The fourth-order valence-corrected chi connectivity index (χ4v) is 2.83. The molecule has 0 unspecified atom stereocenters. The highest BCUT2D eigenvalue weighted by Gasteiger charge is 2.39. The topological polar surface area (TPSA) is 112 Å². The van der Waals surface area contributed by atoms with Crippen LogP contribution in [0, 0.1) is 5.82 Å². The van der Waals surface area contributed by atoms with E-state index in [0.29, 0.717) is 5.56 Å².